The predicted octanol–water partition coefficient (Wildman–Crippen LogP) is 2.14. The number of nitro benzene ring substituents is 1. The fourth-order valence-corrected chi connectivity index (χ4v) is 1.49. The van der Waals surface area contributed by atoms with Gasteiger partial charge in [0, 0.05) is 11.1 Å². The van der Waals surface area contributed by atoms with E-state index in [9.17, 15) is 14.9 Å². The minimum Gasteiger partial charge on any atom is -0.465 e. The number of nitrogens with zero attached hydrogens (tertiary/aromatic N) is 1. The van der Waals surface area contributed by atoms with Crippen LogP contribution < -0.4 is 5.73 Å². The van der Waals surface area contributed by atoms with Crippen LogP contribution in [0.15, 0.2) is 12.1 Å². The first-order valence-electron chi connectivity index (χ1n) is 5.33. The van der Waals surface area contributed by atoms with Gasteiger partial charge in [0.2, 0.25) is 0 Å². The molecule has 1 aromatic rings. The van der Waals surface area contributed by atoms with Crippen LogP contribution in [0.2, 0.25) is 5.02 Å². The average molecular weight is 283 g/mol. The molecule has 100 valence electrons. The summed E-state index contributed by atoms with van der Waals surface area (Å²) < 4.78 is 4.69. The Labute approximate surface area is 114 Å². The fourth-order valence-electron chi connectivity index (χ4n) is 1.28. The minimum atomic E-state index is -0.641. The number of ether oxygens (including phenoxy) is 1. The zero-order valence-electron chi connectivity index (χ0n) is 10.1. The SMILES string of the molecule is CCOC(=O)CC#Cc1cc(Cl)cc([N+](=O)[O-])c1N. The molecule has 7 heteroatoms. The summed E-state index contributed by atoms with van der Waals surface area (Å²) in [7, 11) is 0. The number of nitro groups is 1. The number of hydrogen-bond donors (Lipinski definition) is 1. The molecule has 0 unspecified atom stereocenters. The summed E-state index contributed by atoms with van der Waals surface area (Å²) in [4.78, 5) is 21.2. The first kappa shape index (κ1) is 14.8. The van der Waals surface area contributed by atoms with Gasteiger partial charge in [-0.1, -0.05) is 23.4 Å². The van der Waals surface area contributed by atoms with Gasteiger partial charge in [0.25, 0.3) is 5.69 Å². The summed E-state index contributed by atoms with van der Waals surface area (Å²) in [5, 5.41) is 10.9. The first-order valence-corrected chi connectivity index (χ1v) is 5.71. The molecule has 1 rings (SSSR count). The van der Waals surface area contributed by atoms with Crippen molar-refractivity contribution in [1.82, 2.24) is 0 Å². The normalized spacial score (nSPS) is 9.37. The van der Waals surface area contributed by atoms with Gasteiger partial charge in [-0.3, -0.25) is 14.9 Å². The second-order valence-corrected chi connectivity index (χ2v) is 3.86. The number of esters is 1. The number of anilines is 1. The van der Waals surface area contributed by atoms with E-state index >= 15 is 0 Å². The number of halogens is 1. The topological polar surface area (TPSA) is 95.5 Å². The van der Waals surface area contributed by atoms with Crippen LogP contribution in [0.4, 0.5) is 11.4 Å². The van der Waals surface area contributed by atoms with Crippen LogP contribution in [-0.4, -0.2) is 17.5 Å². The van der Waals surface area contributed by atoms with Gasteiger partial charge in [-0.15, -0.1) is 0 Å². The number of benzene rings is 1. The molecule has 0 aliphatic rings. The molecule has 1 aromatic carbocycles. The summed E-state index contributed by atoms with van der Waals surface area (Å²) >= 11 is 5.74. The first-order chi connectivity index (χ1) is 8.95. The second kappa shape index (κ2) is 6.61. The fraction of sp³-hybridized carbons (Fsp3) is 0.250. The molecule has 0 bridgehead atoms. The molecular weight excluding hydrogens is 272 g/mol. The average Bonchev–Trinajstić information content (AvgIpc) is 2.33. The molecule has 2 N–H and O–H groups in total. The summed E-state index contributed by atoms with van der Waals surface area (Å²) in [5.74, 6) is 4.64. The Morgan fingerprint density at radius 1 is 1.58 bits per heavy atom. The number of nitrogen functional groups attached to an aromatic ring is 1. The maximum absolute atomic E-state index is 11.1. The lowest BCUT2D eigenvalue weighted by molar-refractivity contribution is -0.383. The van der Waals surface area contributed by atoms with Crippen molar-refractivity contribution in [3.63, 3.8) is 0 Å². The van der Waals surface area contributed by atoms with Gasteiger partial charge in [-0.05, 0) is 13.0 Å². The van der Waals surface area contributed by atoms with Crippen molar-refractivity contribution < 1.29 is 14.5 Å². The van der Waals surface area contributed by atoms with Crippen LogP contribution in [0.1, 0.15) is 18.9 Å². The lowest BCUT2D eigenvalue weighted by Crippen LogP contribution is -2.02. The Kier molecular flexibility index (Phi) is 5.15. The molecule has 19 heavy (non-hydrogen) atoms. The largest absolute Gasteiger partial charge is 0.465 e. The third-order valence-corrected chi connectivity index (χ3v) is 2.30. The maximum Gasteiger partial charge on any atom is 0.317 e. The summed E-state index contributed by atoms with van der Waals surface area (Å²) in [6.45, 7) is 1.95. The lowest BCUT2D eigenvalue weighted by Gasteiger charge is -2.01. The van der Waals surface area contributed by atoms with Gasteiger partial charge in [-0.2, -0.15) is 0 Å². The van der Waals surface area contributed by atoms with Crippen LogP contribution in [0.3, 0.4) is 0 Å². The Morgan fingerprint density at radius 2 is 2.26 bits per heavy atom. The van der Waals surface area contributed by atoms with Crippen molar-refractivity contribution in [3.05, 3.63) is 32.8 Å². The Morgan fingerprint density at radius 3 is 2.84 bits per heavy atom. The van der Waals surface area contributed by atoms with E-state index in [1.54, 1.807) is 6.92 Å². The van der Waals surface area contributed by atoms with E-state index in [0.717, 1.165) is 6.07 Å². The quantitative estimate of drug-likeness (QED) is 0.301. The molecule has 0 atom stereocenters. The van der Waals surface area contributed by atoms with Crippen molar-refractivity contribution in [1.29, 1.82) is 0 Å². The lowest BCUT2D eigenvalue weighted by atomic mass is 10.1. The molecular formula is C12H11ClN2O4. The molecule has 0 saturated carbocycles. The summed E-state index contributed by atoms with van der Waals surface area (Å²) in [5.41, 5.74) is 5.43. The molecule has 6 nitrogen and oxygen atoms in total. The van der Waals surface area contributed by atoms with Crippen LogP contribution in [0, 0.1) is 22.0 Å². The number of carbonyl (C=O) groups excluding carboxylic acids is 1. The van der Waals surface area contributed by atoms with E-state index in [1.807, 2.05) is 0 Å². The van der Waals surface area contributed by atoms with Crippen LogP contribution in [0.5, 0.6) is 0 Å². The zero-order chi connectivity index (χ0) is 14.4. The minimum absolute atomic E-state index is 0.0780. The molecule has 0 aromatic heterocycles. The van der Waals surface area contributed by atoms with Gasteiger partial charge in [-0.25, -0.2) is 0 Å². The maximum atomic E-state index is 11.1. The van der Waals surface area contributed by atoms with Crippen molar-refractivity contribution >= 4 is 28.9 Å². The van der Waals surface area contributed by atoms with E-state index in [2.05, 4.69) is 16.6 Å². The van der Waals surface area contributed by atoms with Gasteiger partial charge in [0.05, 0.1) is 17.1 Å². The smallest absolute Gasteiger partial charge is 0.317 e. The molecule has 0 heterocycles. The Bertz CT molecular complexity index is 575. The molecule has 0 radical (unpaired) electrons. The monoisotopic (exact) mass is 282 g/mol. The highest BCUT2D eigenvalue weighted by molar-refractivity contribution is 6.31. The highest BCUT2D eigenvalue weighted by Crippen LogP contribution is 2.28. The van der Waals surface area contributed by atoms with Crippen LogP contribution >= 0.6 is 11.6 Å². The Balaban J connectivity index is 2.99. The van der Waals surface area contributed by atoms with Crippen LogP contribution in [-0.2, 0) is 9.53 Å². The predicted molar refractivity (Wildman–Crippen MR) is 70.6 cm³/mol. The van der Waals surface area contributed by atoms with Crippen molar-refractivity contribution in [2.75, 3.05) is 12.3 Å². The number of hydrogen-bond acceptors (Lipinski definition) is 5. The molecule has 0 aliphatic heterocycles. The highest BCUT2D eigenvalue weighted by atomic mass is 35.5. The highest BCUT2D eigenvalue weighted by Gasteiger charge is 2.15. The molecule has 0 saturated heterocycles. The van der Waals surface area contributed by atoms with E-state index in [-0.39, 0.29) is 35.0 Å². The van der Waals surface area contributed by atoms with Gasteiger partial charge < -0.3 is 10.5 Å². The van der Waals surface area contributed by atoms with E-state index in [4.69, 9.17) is 17.3 Å². The van der Waals surface area contributed by atoms with Crippen molar-refractivity contribution in [2.24, 2.45) is 0 Å². The van der Waals surface area contributed by atoms with Crippen molar-refractivity contribution in [2.45, 2.75) is 13.3 Å². The van der Waals surface area contributed by atoms with Crippen molar-refractivity contribution in [3.8, 4) is 11.8 Å². The molecule has 0 aliphatic carbocycles. The third kappa shape index (κ3) is 4.16. The van der Waals surface area contributed by atoms with E-state index < -0.39 is 10.9 Å². The number of nitrogens with two attached hydrogens (primary N) is 1. The second-order valence-electron chi connectivity index (χ2n) is 3.43. The molecule has 0 spiro atoms. The van der Waals surface area contributed by atoms with E-state index in [1.165, 1.54) is 6.07 Å². The van der Waals surface area contributed by atoms with Gasteiger partial charge in [0.1, 0.15) is 12.1 Å². The number of carbonyl (C=O) groups is 1. The summed E-state index contributed by atoms with van der Waals surface area (Å²) in [6, 6.07) is 2.55. The standard InChI is InChI=1S/C12H11ClN2O4/c1-2-19-11(16)5-3-4-8-6-9(13)7-10(12(8)14)15(17)18/h6-7H,2,5,14H2,1H3. The molecule has 0 amide bonds. The Hall–Kier alpha value is -2.26. The summed E-state index contributed by atoms with van der Waals surface area (Å²) in [6.07, 6.45) is -0.117. The zero-order valence-corrected chi connectivity index (χ0v) is 10.9. The number of rotatable bonds is 3. The van der Waals surface area contributed by atoms with E-state index in [0.29, 0.717) is 0 Å². The molecule has 0 fully saturated rings. The van der Waals surface area contributed by atoms with Gasteiger partial charge >= 0.3 is 5.97 Å². The van der Waals surface area contributed by atoms with Gasteiger partial charge in [0.15, 0.2) is 0 Å². The van der Waals surface area contributed by atoms with Crippen LogP contribution in [0.25, 0.3) is 0 Å². The third-order valence-electron chi connectivity index (χ3n) is 2.08.